The number of nitrogens with one attached hydrogen (secondary N) is 2. The number of nitrogens with two attached hydrogens (primary N) is 1. The molecule has 4 aromatic heterocycles. The standard InChI is InChI=1S/C21H17F3N8O/c1-2-33-18-8-13-16(32-20(29-13)4-6-27-32)10-17(18)30(25)14-9-15-12(7-11(14)21(22,23)24)28-19-3-5-26-31(15)19/h3-10,26-27H,2,25H2,1H3. The van der Waals surface area contributed by atoms with Crippen LogP contribution in [0.25, 0.3) is 33.4 Å². The summed E-state index contributed by atoms with van der Waals surface area (Å²) in [6, 6.07) is 9.17. The number of aromatic amines is 2. The fourth-order valence-electron chi connectivity index (χ4n) is 4.13. The first kappa shape index (κ1) is 19.5. The zero-order chi connectivity index (χ0) is 22.9. The molecule has 0 spiro atoms. The van der Waals surface area contributed by atoms with Crippen molar-refractivity contribution in [3.05, 3.63) is 54.4 Å². The maximum Gasteiger partial charge on any atom is 0.418 e. The number of imidazole rings is 2. The first-order chi connectivity index (χ1) is 15.8. The number of halogens is 3. The molecule has 4 N–H and O–H groups in total. The molecule has 0 fully saturated rings. The molecule has 0 atom stereocenters. The molecule has 168 valence electrons. The van der Waals surface area contributed by atoms with Gasteiger partial charge in [-0.05, 0) is 25.1 Å². The van der Waals surface area contributed by atoms with Gasteiger partial charge in [-0.3, -0.25) is 15.2 Å². The van der Waals surface area contributed by atoms with Crippen molar-refractivity contribution < 1.29 is 17.9 Å². The lowest BCUT2D eigenvalue weighted by Gasteiger charge is -2.25. The quantitative estimate of drug-likeness (QED) is 0.271. The van der Waals surface area contributed by atoms with E-state index < -0.39 is 11.7 Å². The van der Waals surface area contributed by atoms with Crippen molar-refractivity contribution in [3.8, 4) is 5.75 Å². The van der Waals surface area contributed by atoms with Crippen molar-refractivity contribution in [2.24, 2.45) is 5.84 Å². The number of rotatable bonds is 4. The van der Waals surface area contributed by atoms with Gasteiger partial charge >= 0.3 is 6.18 Å². The van der Waals surface area contributed by atoms with E-state index in [2.05, 4.69) is 20.2 Å². The lowest BCUT2D eigenvalue weighted by atomic mass is 10.1. The largest absolute Gasteiger partial charge is 0.492 e. The molecule has 0 unspecified atom stereocenters. The molecule has 2 aromatic carbocycles. The summed E-state index contributed by atoms with van der Waals surface area (Å²) in [6.07, 6.45) is -1.28. The summed E-state index contributed by atoms with van der Waals surface area (Å²) in [6.45, 7) is 2.09. The summed E-state index contributed by atoms with van der Waals surface area (Å²) in [5.41, 5.74) is 2.23. The van der Waals surface area contributed by atoms with E-state index in [9.17, 15) is 13.2 Å². The molecule has 6 aromatic rings. The number of nitrogens with zero attached hydrogens (tertiary/aromatic N) is 5. The van der Waals surface area contributed by atoms with Crippen LogP contribution < -0.4 is 15.6 Å². The van der Waals surface area contributed by atoms with Gasteiger partial charge in [0.1, 0.15) is 11.4 Å². The average molecular weight is 454 g/mol. The van der Waals surface area contributed by atoms with E-state index >= 15 is 0 Å². The third kappa shape index (κ3) is 2.84. The number of alkyl halides is 3. The molecule has 0 bridgehead atoms. The van der Waals surface area contributed by atoms with Crippen molar-refractivity contribution in [2.45, 2.75) is 13.1 Å². The molecule has 9 nitrogen and oxygen atoms in total. The Morgan fingerprint density at radius 2 is 1.52 bits per heavy atom. The highest BCUT2D eigenvalue weighted by atomic mass is 19.4. The smallest absolute Gasteiger partial charge is 0.418 e. The fourth-order valence-corrected chi connectivity index (χ4v) is 4.13. The maximum atomic E-state index is 14.1. The van der Waals surface area contributed by atoms with Gasteiger partial charge in [0.05, 0.1) is 39.9 Å². The van der Waals surface area contributed by atoms with E-state index in [1.807, 2.05) is 0 Å². The molecule has 4 heterocycles. The molecule has 0 aliphatic rings. The normalized spacial score (nSPS) is 12.5. The van der Waals surface area contributed by atoms with Crippen LogP contribution in [0.4, 0.5) is 24.5 Å². The third-order valence-corrected chi connectivity index (χ3v) is 5.56. The Morgan fingerprint density at radius 1 is 0.939 bits per heavy atom. The first-order valence-electron chi connectivity index (χ1n) is 10.1. The predicted octanol–water partition coefficient (Wildman–Crippen LogP) is 4.37. The molecule has 0 saturated carbocycles. The van der Waals surface area contributed by atoms with Crippen LogP contribution in [0.3, 0.4) is 0 Å². The summed E-state index contributed by atoms with van der Waals surface area (Å²) >= 11 is 0. The highest BCUT2D eigenvalue weighted by Gasteiger charge is 2.36. The Hall–Kier alpha value is -4.19. The lowest BCUT2D eigenvalue weighted by Crippen LogP contribution is -2.28. The highest BCUT2D eigenvalue weighted by molar-refractivity contribution is 5.91. The zero-order valence-electron chi connectivity index (χ0n) is 17.2. The first-order valence-corrected chi connectivity index (χ1v) is 10.1. The van der Waals surface area contributed by atoms with E-state index in [1.54, 1.807) is 52.6 Å². The van der Waals surface area contributed by atoms with Crippen LogP contribution in [0.15, 0.2) is 48.8 Å². The molecule has 0 radical (unpaired) electrons. The van der Waals surface area contributed by atoms with Gasteiger partial charge in [0, 0.05) is 30.6 Å². The van der Waals surface area contributed by atoms with E-state index in [-0.39, 0.29) is 16.9 Å². The van der Waals surface area contributed by atoms with Gasteiger partial charge in [0.15, 0.2) is 11.3 Å². The van der Waals surface area contributed by atoms with Gasteiger partial charge in [0.25, 0.3) is 0 Å². The number of anilines is 2. The van der Waals surface area contributed by atoms with Crippen LogP contribution in [-0.2, 0) is 6.18 Å². The Bertz CT molecular complexity index is 1650. The topological polar surface area (TPSA) is 105 Å². The summed E-state index contributed by atoms with van der Waals surface area (Å²) in [5, 5.41) is 6.98. The summed E-state index contributed by atoms with van der Waals surface area (Å²) in [5.74, 6) is 6.70. The van der Waals surface area contributed by atoms with Crippen LogP contribution in [0.5, 0.6) is 5.75 Å². The minimum atomic E-state index is -4.66. The number of H-pyrrole nitrogens is 2. The van der Waals surface area contributed by atoms with E-state index in [0.29, 0.717) is 40.2 Å². The number of benzene rings is 2. The van der Waals surface area contributed by atoms with Crippen LogP contribution in [-0.4, -0.2) is 35.8 Å². The van der Waals surface area contributed by atoms with Gasteiger partial charge in [0.2, 0.25) is 0 Å². The number of hydrogen-bond acceptors (Lipinski definition) is 5. The molecule has 33 heavy (non-hydrogen) atoms. The minimum absolute atomic E-state index is 0.204. The van der Waals surface area contributed by atoms with Crippen molar-refractivity contribution in [1.29, 1.82) is 0 Å². The minimum Gasteiger partial charge on any atom is -0.492 e. The molecule has 12 heteroatoms. The second kappa shape index (κ2) is 6.65. The van der Waals surface area contributed by atoms with Crippen molar-refractivity contribution in [1.82, 2.24) is 29.2 Å². The Kier molecular flexibility index (Phi) is 3.93. The number of fused-ring (bicyclic) bond motifs is 6. The number of aromatic nitrogens is 6. The number of ether oxygens (including phenoxy) is 1. The lowest BCUT2D eigenvalue weighted by molar-refractivity contribution is -0.137. The molecule has 0 aliphatic heterocycles. The monoisotopic (exact) mass is 454 g/mol. The Balaban J connectivity index is 1.62. The van der Waals surface area contributed by atoms with E-state index in [0.717, 1.165) is 11.1 Å². The van der Waals surface area contributed by atoms with Crippen LogP contribution in [0.1, 0.15) is 12.5 Å². The van der Waals surface area contributed by atoms with Crippen molar-refractivity contribution >= 4 is 44.7 Å². The van der Waals surface area contributed by atoms with Crippen LogP contribution >= 0.6 is 0 Å². The van der Waals surface area contributed by atoms with Gasteiger partial charge in [-0.15, -0.1) is 0 Å². The average Bonchev–Trinajstić information content (AvgIpc) is 3.52. The highest BCUT2D eigenvalue weighted by Crippen LogP contribution is 2.43. The fraction of sp³-hybridized carbons (Fsp3) is 0.143. The molecular formula is C21H17F3N8O. The van der Waals surface area contributed by atoms with Crippen molar-refractivity contribution in [2.75, 3.05) is 11.6 Å². The molecule has 0 saturated heterocycles. The second-order valence-electron chi connectivity index (χ2n) is 7.50. The molecular weight excluding hydrogens is 437 g/mol. The second-order valence-corrected chi connectivity index (χ2v) is 7.50. The zero-order valence-corrected chi connectivity index (χ0v) is 17.2. The summed E-state index contributed by atoms with van der Waals surface area (Å²) < 4.78 is 51.3. The van der Waals surface area contributed by atoms with Gasteiger partial charge in [-0.1, -0.05) is 0 Å². The van der Waals surface area contributed by atoms with Gasteiger partial charge in [-0.2, -0.15) is 13.2 Å². The number of hydrazine groups is 1. The molecule has 6 rings (SSSR count). The molecule has 0 amide bonds. The summed E-state index contributed by atoms with van der Waals surface area (Å²) in [7, 11) is 0. The number of hydrogen-bond donors (Lipinski definition) is 3. The van der Waals surface area contributed by atoms with Crippen molar-refractivity contribution in [3.63, 3.8) is 0 Å². The Morgan fingerprint density at radius 3 is 2.09 bits per heavy atom. The maximum absolute atomic E-state index is 14.1. The molecule has 0 aliphatic carbocycles. The van der Waals surface area contributed by atoms with Crippen LogP contribution in [0, 0.1) is 0 Å². The van der Waals surface area contributed by atoms with Gasteiger partial charge in [-0.25, -0.2) is 24.8 Å². The Labute approximate surface area is 183 Å². The summed E-state index contributed by atoms with van der Waals surface area (Å²) in [4.78, 5) is 8.77. The van der Waals surface area contributed by atoms with Gasteiger partial charge < -0.3 is 4.74 Å². The van der Waals surface area contributed by atoms with Crippen LogP contribution in [0.2, 0.25) is 0 Å². The SMILES string of the molecule is CCOc1cc2nc3cc[nH]n3c2cc1N(N)c1cc2c(cc1C(F)(F)F)nc1cc[nH]n12. The predicted molar refractivity (Wildman–Crippen MR) is 117 cm³/mol. The van der Waals surface area contributed by atoms with E-state index in [1.165, 1.54) is 6.07 Å². The van der Waals surface area contributed by atoms with E-state index in [4.69, 9.17) is 10.6 Å². The third-order valence-electron chi connectivity index (χ3n) is 5.56.